The summed E-state index contributed by atoms with van der Waals surface area (Å²) in [7, 11) is 2.20. The lowest BCUT2D eigenvalue weighted by atomic mass is 9.88. The summed E-state index contributed by atoms with van der Waals surface area (Å²) in [5.41, 5.74) is 6.33. The van der Waals surface area contributed by atoms with E-state index < -0.39 is 0 Å². The van der Waals surface area contributed by atoms with Crippen LogP contribution in [0, 0.1) is 5.92 Å². The van der Waals surface area contributed by atoms with Gasteiger partial charge < -0.3 is 16.0 Å². The zero-order chi connectivity index (χ0) is 9.97. The Labute approximate surface area is 87.0 Å². The average molecular weight is 197 g/mol. The van der Waals surface area contributed by atoms with Crippen molar-refractivity contribution in [3.8, 4) is 0 Å². The van der Waals surface area contributed by atoms with Crippen LogP contribution in [0.5, 0.6) is 0 Å². The Morgan fingerprint density at radius 2 is 2.21 bits per heavy atom. The summed E-state index contributed by atoms with van der Waals surface area (Å²) in [6.07, 6.45) is 5.25. The summed E-state index contributed by atoms with van der Waals surface area (Å²) in [5, 5.41) is 3.57. The van der Waals surface area contributed by atoms with Gasteiger partial charge in [-0.2, -0.15) is 0 Å². The van der Waals surface area contributed by atoms with Crippen LogP contribution in [0.4, 0.5) is 0 Å². The quantitative estimate of drug-likeness (QED) is 0.673. The van der Waals surface area contributed by atoms with Crippen LogP contribution in [0.1, 0.15) is 25.7 Å². The highest BCUT2D eigenvalue weighted by Crippen LogP contribution is 2.22. The van der Waals surface area contributed by atoms with Gasteiger partial charge in [-0.15, -0.1) is 0 Å². The van der Waals surface area contributed by atoms with E-state index in [2.05, 4.69) is 17.3 Å². The summed E-state index contributed by atoms with van der Waals surface area (Å²) >= 11 is 0. The summed E-state index contributed by atoms with van der Waals surface area (Å²) in [6.45, 7) is 3.59. The molecule has 2 saturated heterocycles. The smallest absolute Gasteiger partial charge is 0.0235 e. The first kappa shape index (κ1) is 10.4. The van der Waals surface area contributed by atoms with Gasteiger partial charge in [0.1, 0.15) is 0 Å². The van der Waals surface area contributed by atoms with Crippen molar-refractivity contribution in [2.45, 2.75) is 37.8 Å². The van der Waals surface area contributed by atoms with Crippen molar-refractivity contribution in [1.29, 1.82) is 0 Å². The van der Waals surface area contributed by atoms with Crippen molar-refractivity contribution in [2.75, 3.05) is 26.7 Å². The zero-order valence-electron chi connectivity index (χ0n) is 9.21. The Morgan fingerprint density at radius 1 is 1.36 bits per heavy atom. The Bertz CT molecular complexity index is 173. The zero-order valence-corrected chi connectivity index (χ0v) is 9.21. The van der Waals surface area contributed by atoms with E-state index in [1.807, 2.05) is 0 Å². The van der Waals surface area contributed by atoms with E-state index in [0.29, 0.717) is 12.1 Å². The van der Waals surface area contributed by atoms with Gasteiger partial charge in [-0.3, -0.25) is 0 Å². The molecule has 0 aromatic heterocycles. The summed E-state index contributed by atoms with van der Waals surface area (Å²) in [6, 6.07) is 0.959. The first-order chi connectivity index (χ1) is 6.77. The standard InChI is InChI=1S/C11H23N3/c1-14-7-5-9(8-14)11(12)10-4-2-3-6-13-10/h9-11,13H,2-8,12H2,1H3. The Morgan fingerprint density at radius 3 is 2.79 bits per heavy atom. The molecule has 3 nitrogen and oxygen atoms in total. The van der Waals surface area contributed by atoms with E-state index in [1.165, 1.54) is 45.3 Å². The fraction of sp³-hybridized carbons (Fsp3) is 1.00. The van der Waals surface area contributed by atoms with Crippen LogP contribution in [0.15, 0.2) is 0 Å². The van der Waals surface area contributed by atoms with Crippen LogP contribution in [0.25, 0.3) is 0 Å². The number of rotatable bonds is 2. The molecule has 3 heteroatoms. The highest BCUT2D eigenvalue weighted by atomic mass is 15.1. The molecular formula is C11H23N3. The molecule has 2 rings (SSSR count). The Balaban J connectivity index is 1.84. The molecule has 2 fully saturated rings. The SMILES string of the molecule is CN1CCC(C(N)C2CCCCN2)C1. The predicted molar refractivity (Wildman–Crippen MR) is 59.2 cm³/mol. The molecule has 0 radical (unpaired) electrons. The van der Waals surface area contributed by atoms with Crippen molar-refractivity contribution < 1.29 is 0 Å². The molecule has 3 unspecified atom stereocenters. The minimum absolute atomic E-state index is 0.375. The fourth-order valence-corrected chi connectivity index (χ4v) is 2.82. The molecule has 0 amide bonds. The molecule has 2 aliphatic heterocycles. The summed E-state index contributed by atoms with van der Waals surface area (Å²) in [4.78, 5) is 2.40. The van der Waals surface area contributed by atoms with E-state index >= 15 is 0 Å². The third-order valence-corrected chi connectivity index (χ3v) is 3.79. The van der Waals surface area contributed by atoms with Gasteiger partial charge in [-0.05, 0) is 45.3 Å². The normalized spacial score (nSPS) is 37.3. The van der Waals surface area contributed by atoms with Gasteiger partial charge in [0.2, 0.25) is 0 Å². The van der Waals surface area contributed by atoms with Crippen LogP contribution >= 0.6 is 0 Å². The van der Waals surface area contributed by atoms with Crippen LogP contribution in [0.3, 0.4) is 0 Å². The Kier molecular flexibility index (Phi) is 3.42. The molecule has 0 saturated carbocycles. The van der Waals surface area contributed by atoms with Crippen molar-refractivity contribution in [2.24, 2.45) is 11.7 Å². The van der Waals surface area contributed by atoms with Crippen molar-refractivity contribution in [3.05, 3.63) is 0 Å². The van der Waals surface area contributed by atoms with E-state index in [4.69, 9.17) is 5.73 Å². The molecule has 0 aromatic carbocycles. The number of hydrogen-bond acceptors (Lipinski definition) is 3. The second-order valence-electron chi connectivity index (χ2n) is 4.94. The molecule has 82 valence electrons. The van der Waals surface area contributed by atoms with Gasteiger partial charge in [0, 0.05) is 18.6 Å². The lowest BCUT2D eigenvalue weighted by molar-refractivity contribution is 0.279. The van der Waals surface area contributed by atoms with E-state index in [9.17, 15) is 0 Å². The topological polar surface area (TPSA) is 41.3 Å². The van der Waals surface area contributed by atoms with Crippen LogP contribution in [-0.4, -0.2) is 43.7 Å². The van der Waals surface area contributed by atoms with Gasteiger partial charge in [-0.25, -0.2) is 0 Å². The second-order valence-corrected chi connectivity index (χ2v) is 4.94. The van der Waals surface area contributed by atoms with Crippen LogP contribution < -0.4 is 11.1 Å². The lowest BCUT2D eigenvalue weighted by Gasteiger charge is -2.32. The fourth-order valence-electron chi connectivity index (χ4n) is 2.82. The molecule has 0 aliphatic carbocycles. The maximum atomic E-state index is 6.33. The first-order valence-corrected chi connectivity index (χ1v) is 5.95. The van der Waals surface area contributed by atoms with Crippen molar-refractivity contribution in [3.63, 3.8) is 0 Å². The van der Waals surface area contributed by atoms with Gasteiger partial charge in [0.05, 0.1) is 0 Å². The molecule has 0 spiro atoms. The molecule has 14 heavy (non-hydrogen) atoms. The predicted octanol–water partition coefficient (Wildman–Crippen LogP) is 0.408. The number of nitrogens with one attached hydrogen (secondary N) is 1. The van der Waals surface area contributed by atoms with Crippen molar-refractivity contribution in [1.82, 2.24) is 10.2 Å². The van der Waals surface area contributed by atoms with E-state index in [0.717, 1.165) is 5.92 Å². The number of nitrogens with zero attached hydrogens (tertiary/aromatic N) is 1. The maximum absolute atomic E-state index is 6.33. The number of likely N-dealkylation sites (tertiary alicyclic amines) is 1. The summed E-state index contributed by atoms with van der Waals surface area (Å²) in [5.74, 6) is 0.718. The number of piperidine rings is 1. The highest BCUT2D eigenvalue weighted by molar-refractivity contribution is 4.91. The average Bonchev–Trinajstić information content (AvgIpc) is 2.65. The maximum Gasteiger partial charge on any atom is 0.0235 e. The number of hydrogen-bond donors (Lipinski definition) is 2. The third kappa shape index (κ3) is 2.27. The van der Waals surface area contributed by atoms with Crippen molar-refractivity contribution >= 4 is 0 Å². The molecule has 2 heterocycles. The summed E-state index contributed by atoms with van der Waals surface area (Å²) < 4.78 is 0. The van der Waals surface area contributed by atoms with E-state index in [-0.39, 0.29) is 0 Å². The van der Waals surface area contributed by atoms with Gasteiger partial charge in [-0.1, -0.05) is 6.42 Å². The third-order valence-electron chi connectivity index (χ3n) is 3.79. The minimum atomic E-state index is 0.375. The monoisotopic (exact) mass is 197 g/mol. The highest BCUT2D eigenvalue weighted by Gasteiger charge is 2.31. The molecule has 3 N–H and O–H groups in total. The minimum Gasteiger partial charge on any atom is -0.326 e. The largest absolute Gasteiger partial charge is 0.326 e. The molecule has 2 aliphatic rings. The molecule has 3 atom stereocenters. The Hall–Kier alpha value is -0.120. The second kappa shape index (κ2) is 4.60. The lowest BCUT2D eigenvalue weighted by Crippen LogP contribution is -2.51. The molecular weight excluding hydrogens is 174 g/mol. The van der Waals surface area contributed by atoms with Gasteiger partial charge in [0.25, 0.3) is 0 Å². The number of nitrogens with two attached hydrogens (primary N) is 1. The molecule has 0 bridgehead atoms. The van der Waals surface area contributed by atoms with Gasteiger partial charge in [0.15, 0.2) is 0 Å². The van der Waals surface area contributed by atoms with Crippen LogP contribution in [-0.2, 0) is 0 Å². The van der Waals surface area contributed by atoms with Gasteiger partial charge >= 0.3 is 0 Å². The van der Waals surface area contributed by atoms with Crippen LogP contribution in [0.2, 0.25) is 0 Å². The van der Waals surface area contributed by atoms with E-state index in [1.54, 1.807) is 0 Å². The molecule has 0 aromatic rings. The first-order valence-electron chi connectivity index (χ1n) is 5.95.